The van der Waals surface area contributed by atoms with Crippen molar-refractivity contribution in [3.63, 3.8) is 0 Å². The van der Waals surface area contributed by atoms with E-state index in [0.717, 1.165) is 11.6 Å². The fourth-order valence-corrected chi connectivity index (χ4v) is 5.26. The van der Waals surface area contributed by atoms with E-state index in [1.165, 1.54) is 18.2 Å². The van der Waals surface area contributed by atoms with Gasteiger partial charge in [0.2, 0.25) is 0 Å². The van der Waals surface area contributed by atoms with Crippen molar-refractivity contribution in [3.8, 4) is 22.7 Å². The van der Waals surface area contributed by atoms with Gasteiger partial charge in [-0.2, -0.15) is 0 Å². The van der Waals surface area contributed by atoms with Crippen LogP contribution >= 0.6 is 11.6 Å². The second-order valence-corrected chi connectivity index (χ2v) is 9.96. The fourth-order valence-electron chi connectivity index (χ4n) is 5.01. The number of carbonyl (C=O) groups is 2. The van der Waals surface area contributed by atoms with Gasteiger partial charge in [-0.05, 0) is 43.3 Å². The molecular formula is C30H26ClFN4O5. The van der Waals surface area contributed by atoms with Crippen LogP contribution in [-0.2, 0) is 0 Å². The Balaban J connectivity index is 1.41. The highest BCUT2D eigenvalue weighted by Gasteiger charge is 2.30. The SMILES string of the molecule is COc1cccc(-c2cc(C(=O)N3CCN(C(=O)c4ccc([N+](=O)[O-])cc4Cl)CC3)c(C)n2-c2ccccc2F)c1. The molecule has 0 bridgehead atoms. The third kappa shape index (κ3) is 5.38. The van der Waals surface area contributed by atoms with Gasteiger partial charge >= 0.3 is 0 Å². The van der Waals surface area contributed by atoms with E-state index >= 15 is 0 Å². The van der Waals surface area contributed by atoms with Gasteiger partial charge in [-0.25, -0.2) is 4.39 Å². The monoisotopic (exact) mass is 576 g/mol. The summed E-state index contributed by atoms with van der Waals surface area (Å²) < 4.78 is 22.1. The number of non-ortho nitro benzene ring substituents is 1. The summed E-state index contributed by atoms with van der Waals surface area (Å²) in [6.07, 6.45) is 0. The molecule has 1 aliphatic rings. The molecule has 5 rings (SSSR count). The number of piperazine rings is 1. The third-order valence-electron chi connectivity index (χ3n) is 7.18. The lowest BCUT2D eigenvalue weighted by atomic mass is 10.1. The Bertz CT molecular complexity index is 1660. The molecule has 1 aromatic heterocycles. The van der Waals surface area contributed by atoms with Gasteiger partial charge in [-0.15, -0.1) is 0 Å². The average Bonchev–Trinajstić information content (AvgIpc) is 3.33. The highest BCUT2D eigenvalue weighted by atomic mass is 35.5. The molecule has 0 N–H and O–H groups in total. The zero-order valence-electron chi connectivity index (χ0n) is 22.3. The maximum absolute atomic E-state index is 15.0. The van der Waals surface area contributed by atoms with Crippen molar-refractivity contribution in [3.05, 3.63) is 111 Å². The molecule has 0 spiro atoms. The van der Waals surface area contributed by atoms with E-state index in [0.29, 0.717) is 28.4 Å². The summed E-state index contributed by atoms with van der Waals surface area (Å²) in [4.78, 5) is 40.5. The summed E-state index contributed by atoms with van der Waals surface area (Å²) in [6.45, 7) is 2.84. The normalized spacial score (nSPS) is 13.3. The van der Waals surface area contributed by atoms with Gasteiger partial charge < -0.3 is 19.1 Å². The predicted octanol–water partition coefficient (Wildman–Crippen LogP) is 5.76. The molecule has 2 amide bonds. The molecule has 0 aliphatic carbocycles. The van der Waals surface area contributed by atoms with Crippen LogP contribution < -0.4 is 4.74 Å². The molecule has 41 heavy (non-hydrogen) atoms. The molecule has 0 atom stereocenters. The van der Waals surface area contributed by atoms with E-state index in [9.17, 15) is 24.1 Å². The number of nitro benzene ring substituents is 1. The van der Waals surface area contributed by atoms with Gasteiger partial charge in [0.05, 0.1) is 39.6 Å². The minimum absolute atomic E-state index is 0.00196. The van der Waals surface area contributed by atoms with E-state index in [1.54, 1.807) is 52.7 Å². The van der Waals surface area contributed by atoms with Gasteiger partial charge in [-0.3, -0.25) is 19.7 Å². The first-order valence-corrected chi connectivity index (χ1v) is 13.2. The summed E-state index contributed by atoms with van der Waals surface area (Å²) in [6, 6.07) is 19.2. The average molecular weight is 577 g/mol. The van der Waals surface area contributed by atoms with Crippen molar-refractivity contribution in [2.24, 2.45) is 0 Å². The maximum Gasteiger partial charge on any atom is 0.270 e. The lowest BCUT2D eigenvalue weighted by Gasteiger charge is -2.35. The van der Waals surface area contributed by atoms with Gasteiger partial charge in [0, 0.05) is 49.6 Å². The number of carbonyl (C=O) groups excluding carboxylic acids is 2. The number of hydrogen-bond donors (Lipinski definition) is 0. The quantitative estimate of drug-likeness (QED) is 0.215. The molecular weight excluding hydrogens is 551 g/mol. The van der Waals surface area contributed by atoms with Crippen molar-refractivity contribution >= 4 is 29.1 Å². The summed E-state index contributed by atoms with van der Waals surface area (Å²) in [5.41, 5.74) is 2.67. The van der Waals surface area contributed by atoms with E-state index in [2.05, 4.69) is 0 Å². The Morgan fingerprint density at radius 2 is 1.56 bits per heavy atom. The first-order valence-electron chi connectivity index (χ1n) is 12.8. The molecule has 1 aliphatic heterocycles. The smallest absolute Gasteiger partial charge is 0.270 e. The highest BCUT2D eigenvalue weighted by molar-refractivity contribution is 6.34. The largest absolute Gasteiger partial charge is 0.497 e. The molecule has 11 heteroatoms. The van der Waals surface area contributed by atoms with Gasteiger partial charge in [-0.1, -0.05) is 35.9 Å². The summed E-state index contributed by atoms with van der Waals surface area (Å²) in [5, 5.41) is 11.0. The zero-order chi connectivity index (χ0) is 29.3. The number of nitrogens with zero attached hydrogens (tertiary/aromatic N) is 4. The zero-order valence-corrected chi connectivity index (χ0v) is 23.1. The molecule has 0 radical (unpaired) electrons. The second-order valence-electron chi connectivity index (χ2n) is 9.55. The van der Waals surface area contributed by atoms with E-state index in [1.807, 2.05) is 24.3 Å². The number of hydrogen-bond acceptors (Lipinski definition) is 5. The number of methoxy groups -OCH3 is 1. The van der Waals surface area contributed by atoms with Crippen LogP contribution in [0.1, 0.15) is 26.4 Å². The Morgan fingerprint density at radius 3 is 2.17 bits per heavy atom. The van der Waals surface area contributed by atoms with E-state index < -0.39 is 10.7 Å². The fraction of sp³-hybridized carbons (Fsp3) is 0.200. The van der Waals surface area contributed by atoms with Crippen molar-refractivity contribution in [2.45, 2.75) is 6.92 Å². The van der Waals surface area contributed by atoms with Crippen LogP contribution in [0.5, 0.6) is 5.75 Å². The van der Waals surface area contributed by atoms with Crippen LogP contribution in [0.3, 0.4) is 0 Å². The van der Waals surface area contributed by atoms with Crippen LogP contribution in [0, 0.1) is 22.9 Å². The molecule has 0 saturated carbocycles. The minimum atomic E-state index is -0.578. The maximum atomic E-state index is 15.0. The highest BCUT2D eigenvalue weighted by Crippen LogP contribution is 2.33. The standard InChI is InChI=1S/C30H26ClFN4O5/c1-19-24(18-28(20-6-5-7-22(16-20)41-2)35(19)27-9-4-3-8-26(27)32)30(38)34-14-12-33(13-15-34)29(37)23-11-10-21(36(39)40)17-25(23)31/h3-11,16-18H,12-15H2,1-2H3. The first kappa shape index (κ1) is 27.9. The Hall–Kier alpha value is -4.70. The number of aromatic nitrogens is 1. The molecule has 0 unspecified atom stereocenters. The number of ether oxygens (including phenoxy) is 1. The van der Waals surface area contributed by atoms with Crippen molar-refractivity contribution in [1.82, 2.24) is 14.4 Å². The van der Waals surface area contributed by atoms with Crippen LogP contribution in [0.4, 0.5) is 10.1 Å². The third-order valence-corrected chi connectivity index (χ3v) is 7.50. The lowest BCUT2D eigenvalue weighted by Crippen LogP contribution is -2.50. The van der Waals surface area contributed by atoms with E-state index in [-0.39, 0.29) is 54.3 Å². The molecule has 4 aromatic rings. The van der Waals surface area contributed by atoms with Crippen molar-refractivity contribution < 1.29 is 23.6 Å². The van der Waals surface area contributed by atoms with E-state index in [4.69, 9.17) is 16.3 Å². The number of nitro groups is 1. The Morgan fingerprint density at radius 1 is 0.902 bits per heavy atom. The first-order chi connectivity index (χ1) is 19.7. The number of rotatable bonds is 6. The Labute approximate surface area is 240 Å². The molecule has 1 fully saturated rings. The minimum Gasteiger partial charge on any atom is -0.497 e. The summed E-state index contributed by atoms with van der Waals surface area (Å²) in [5.74, 6) is -0.393. The van der Waals surface area contributed by atoms with Gasteiger partial charge in [0.1, 0.15) is 11.6 Å². The topological polar surface area (TPSA) is 97.9 Å². The van der Waals surface area contributed by atoms with Crippen LogP contribution in [0.15, 0.2) is 72.8 Å². The van der Waals surface area contributed by atoms with Crippen LogP contribution in [0.25, 0.3) is 16.9 Å². The van der Waals surface area contributed by atoms with Gasteiger partial charge in [0.15, 0.2) is 0 Å². The lowest BCUT2D eigenvalue weighted by molar-refractivity contribution is -0.384. The predicted molar refractivity (Wildman–Crippen MR) is 152 cm³/mol. The van der Waals surface area contributed by atoms with Crippen LogP contribution in [0.2, 0.25) is 5.02 Å². The summed E-state index contributed by atoms with van der Waals surface area (Å²) in [7, 11) is 1.56. The number of benzene rings is 3. The van der Waals surface area contributed by atoms with Crippen molar-refractivity contribution in [1.29, 1.82) is 0 Å². The number of amides is 2. The van der Waals surface area contributed by atoms with Gasteiger partial charge in [0.25, 0.3) is 17.5 Å². The Kier molecular flexibility index (Phi) is 7.76. The molecule has 9 nitrogen and oxygen atoms in total. The number of halogens is 2. The summed E-state index contributed by atoms with van der Waals surface area (Å²) >= 11 is 6.16. The second kappa shape index (κ2) is 11.4. The number of para-hydroxylation sites is 1. The molecule has 3 aromatic carbocycles. The van der Waals surface area contributed by atoms with Crippen LogP contribution in [-0.4, -0.2) is 64.4 Å². The molecule has 1 saturated heterocycles. The molecule has 210 valence electrons. The van der Waals surface area contributed by atoms with Crippen molar-refractivity contribution in [2.75, 3.05) is 33.3 Å². The molecule has 2 heterocycles.